The van der Waals surface area contributed by atoms with Gasteiger partial charge < -0.3 is 10.2 Å². The van der Waals surface area contributed by atoms with Gasteiger partial charge in [-0.1, -0.05) is 25.1 Å². The molecule has 0 aliphatic carbocycles. The molecule has 1 fully saturated rings. The Morgan fingerprint density at radius 1 is 1.13 bits per heavy atom. The molecule has 2 rings (SSSR count). The van der Waals surface area contributed by atoms with Crippen molar-refractivity contribution < 1.29 is 18.0 Å². The third-order valence-corrected chi connectivity index (χ3v) is 5.28. The van der Waals surface area contributed by atoms with Crippen LogP contribution in [0.3, 0.4) is 0 Å². The van der Waals surface area contributed by atoms with E-state index in [1.807, 2.05) is 0 Å². The third-order valence-electron chi connectivity index (χ3n) is 3.89. The molecule has 1 aromatic carbocycles. The van der Waals surface area contributed by atoms with Crippen LogP contribution in [0, 0.1) is 5.92 Å². The van der Waals surface area contributed by atoms with Crippen LogP contribution in [0.4, 0.5) is 5.69 Å². The van der Waals surface area contributed by atoms with Crippen molar-refractivity contribution in [2.24, 2.45) is 5.92 Å². The molecule has 0 bridgehead atoms. The maximum Gasteiger partial charge on any atom is 0.239 e. The van der Waals surface area contributed by atoms with E-state index in [0.29, 0.717) is 24.7 Å². The van der Waals surface area contributed by atoms with Gasteiger partial charge in [-0.3, -0.25) is 9.59 Å². The number of nitrogens with zero attached hydrogens (tertiary/aromatic N) is 1. The summed E-state index contributed by atoms with van der Waals surface area (Å²) >= 11 is 0. The van der Waals surface area contributed by atoms with Crippen LogP contribution in [-0.2, 0) is 19.4 Å². The van der Waals surface area contributed by atoms with Gasteiger partial charge in [-0.15, -0.1) is 0 Å². The van der Waals surface area contributed by atoms with Crippen LogP contribution in [0.15, 0.2) is 30.3 Å². The molecule has 0 radical (unpaired) electrons. The topological polar surface area (TPSA) is 83.6 Å². The summed E-state index contributed by atoms with van der Waals surface area (Å²) in [5.74, 6) is -1.77. The van der Waals surface area contributed by atoms with Gasteiger partial charge in [0.25, 0.3) is 0 Å². The summed E-state index contributed by atoms with van der Waals surface area (Å²) < 4.78 is 24.1. The van der Waals surface area contributed by atoms with Crippen LogP contribution >= 0.6 is 0 Å². The molecule has 1 aliphatic heterocycles. The maximum atomic E-state index is 12.1. The monoisotopic (exact) mass is 338 g/mol. The van der Waals surface area contributed by atoms with E-state index in [9.17, 15) is 18.0 Å². The van der Waals surface area contributed by atoms with Crippen molar-refractivity contribution in [1.82, 2.24) is 4.90 Å². The lowest BCUT2D eigenvalue weighted by atomic mass is 9.99. The lowest BCUT2D eigenvalue weighted by Gasteiger charge is -2.30. The first kappa shape index (κ1) is 17.5. The molecular weight excluding hydrogens is 316 g/mol. The molecule has 0 aromatic heterocycles. The molecule has 6 nitrogen and oxygen atoms in total. The van der Waals surface area contributed by atoms with Gasteiger partial charge >= 0.3 is 0 Å². The predicted octanol–water partition coefficient (Wildman–Crippen LogP) is 1.30. The summed E-state index contributed by atoms with van der Waals surface area (Å²) in [5.41, 5.74) is 0.532. The Labute approximate surface area is 136 Å². The number of benzene rings is 1. The van der Waals surface area contributed by atoms with Gasteiger partial charge in [0.1, 0.15) is 11.5 Å². The molecular formula is C16H22N2O4S. The quantitative estimate of drug-likeness (QED) is 0.877. The van der Waals surface area contributed by atoms with E-state index in [1.165, 1.54) is 0 Å². The maximum absolute atomic E-state index is 12.1. The second kappa shape index (κ2) is 7.59. The number of hydrogen-bond acceptors (Lipinski definition) is 4. The number of para-hydroxylation sites is 1. The predicted molar refractivity (Wildman–Crippen MR) is 88.7 cm³/mol. The van der Waals surface area contributed by atoms with Gasteiger partial charge in [0.2, 0.25) is 11.8 Å². The van der Waals surface area contributed by atoms with Crippen molar-refractivity contribution >= 4 is 27.3 Å². The van der Waals surface area contributed by atoms with Crippen molar-refractivity contribution in [3.8, 4) is 0 Å². The van der Waals surface area contributed by atoms with E-state index in [0.717, 1.165) is 12.8 Å². The van der Waals surface area contributed by atoms with E-state index in [1.54, 1.807) is 35.2 Å². The summed E-state index contributed by atoms with van der Waals surface area (Å²) in [5, 5.41) is 2.51. The average Bonchev–Trinajstić information content (AvgIpc) is 2.47. The fourth-order valence-corrected chi connectivity index (χ4v) is 3.64. The number of nitrogens with one attached hydrogen (secondary N) is 1. The first-order chi connectivity index (χ1) is 10.9. The number of anilines is 1. The SMILES string of the molecule is CC1CCN(C(=O)CS(=O)(=O)CC(=O)Nc2ccccc2)CC1. The molecule has 0 saturated carbocycles. The zero-order valence-corrected chi connectivity index (χ0v) is 14.0. The lowest BCUT2D eigenvalue weighted by Crippen LogP contribution is -2.42. The third kappa shape index (κ3) is 5.67. The van der Waals surface area contributed by atoms with Crippen molar-refractivity contribution in [3.63, 3.8) is 0 Å². The summed E-state index contributed by atoms with van der Waals surface area (Å²) in [6, 6.07) is 8.62. The number of carbonyl (C=O) groups excluding carboxylic acids is 2. The number of likely N-dealkylation sites (tertiary alicyclic amines) is 1. The minimum absolute atomic E-state index is 0.413. The summed E-state index contributed by atoms with van der Waals surface area (Å²) in [4.78, 5) is 25.5. The normalized spacial score (nSPS) is 16.1. The number of amides is 2. The van der Waals surface area contributed by atoms with Crippen molar-refractivity contribution in [2.45, 2.75) is 19.8 Å². The van der Waals surface area contributed by atoms with Gasteiger partial charge in [-0.25, -0.2) is 8.42 Å². The summed E-state index contributed by atoms with van der Waals surface area (Å²) in [7, 11) is -3.77. The zero-order valence-electron chi connectivity index (χ0n) is 13.2. The van der Waals surface area contributed by atoms with Crippen molar-refractivity contribution in [1.29, 1.82) is 0 Å². The largest absolute Gasteiger partial charge is 0.342 e. The molecule has 1 saturated heterocycles. The highest BCUT2D eigenvalue weighted by Gasteiger charge is 2.26. The van der Waals surface area contributed by atoms with Gasteiger partial charge in [0.05, 0.1) is 0 Å². The van der Waals surface area contributed by atoms with E-state index < -0.39 is 33.2 Å². The molecule has 0 unspecified atom stereocenters. The van der Waals surface area contributed by atoms with Gasteiger partial charge in [0.15, 0.2) is 9.84 Å². The smallest absolute Gasteiger partial charge is 0.239 e. The Bertz CT molecular complexity index is 650. The fourth-order valence-electron chi connectivity index (χ4n) is 2.51. The number of hydrogen-bond donors (Lipinski definition) is 1. The highest BCUT2D eigenvalue weighted by Crippen LogP contribution is 2.16. The minimum atomic E-state index is -3.77. The Hall–Kier alpha value is -1.89. The standard InChI is InChI=1S/C16H22N2O4S/c1-13-7-9-18(10-8-13)16(20)12-23(21,22)11-15(19)17-14-5-3-2-4-6-14/h2-6,13H,7-12H2,1H3,(H,17,19). The van der Waals surface area contributed by atoms with Crippen molar-refractivity contribution in [2.75, 3.05) is 29.9 Å². The summed E-state index contributed by atoms with van der Waals surface area (Å²) in [6.45, 7) is 3.30. The van der Waals surface area contributed by atoms with Crippen LogP contribution in [0.5, 0.6) is 0 Å². The van der Waals surface area contributed by atoms with Gasteiger partial charge in [-0.2, -0.15) is 0 Å². The molecule has 7 heteroatoms. The first-order valence-corrected chi connectivity index (χ1v) is 9.51. The lowest BCUT2D eigenvalue weighted by molar-refractivity contribution is -0.129. The first-order valence-electron chi connectivity index (χ1n) is 7.69. The average molecular weight is 338 g/mol. The highest BCUT2D eigenvalue weighted by molar-refractivity contribution is 7.92. The molecule has 23 heavy (non-hydrogen) atoms. The van der Waals surface area contributed by atoms with E-state index >= 15 is 0 Å². The molecule has 2 amide bonds. The Kier molecular flexibility index (Phi) is 5.76. The van der Waals surface area contributed by atoms with Crippen molar-refractivity contribution in [3.05, 3.63) is 30.3 Å². The molecule has 0 atom stereocenters. The number of rotatable bonds is 5. The van der Waals surface area contributed by atoms with Crippen LogP contribution < -0.4 is 5.32 Å². The molecule has 1 aromatic rings. The molecule has 1 heterocycles. The van der Waals surface area contributed by atoms with E-state index in [-0.39, 0.29) is 0 Å². The number of piperidine rings is 1. The molecule has 1 N–H and O–H groups in total. The van der Waals surface area contributed by atoms with E-state index in [4.69, 9.17) is 0 Å². The van der Waals surface area contributed by atoms with Crippen LogP contribution in [0.25, 0.3) is 0 Å². The van der Waals surface area contributed by atoms with Crippen LogP contribution in [0.1, 0.15) is 19.8 Å². The Morgan fingerprint density at radius 2 is 1.74 bits per heavy atom. The van der Waals surface area contributed by atoms with Crippen LogP contribution in [-0.4, -0.2) is 49.7 Å². The fraction of sp³-hybridized carbons (Fsp3) is 0.500. The second-order valence-electron chi connectivity index (χ2n) is 6.01. The van der Waals surface area contributed by atoms with Gasteiger partial charge in [0, 0.05) is 18.8 Å². The molecule has 0 spiro atoms. The Morgan fingerprint density at radius 3 is 2.35 bits per heavy atom. The van der Waals surface area contributed by atoms with Crippen LogP contribution in [0.2, 0.25) is 0 Å². The zero-order chi connectivity index (χ0) is 16.9. The minimum Gasteiger partial charge on any atom is -0.342 e. The molecule has 1 aliphatic rings. The van der Waals surface area contributed by atoms with E-state index in [2.05, 4.69) is 12.2 Å². The number of sulfone groups is 1. The highest BCUT2D eigenvalue weighted by atomic mass is 32.2. The second-order valence-corrected chi connectivity index (χ2v) is 8.07. The number of carbonyl (C=O) groups is 2. The molecule has 126 valence electrons. The Balaban J connectivity index is 1.86. The summed E-state index contributed by atoms with van der Waals surface area (Å²) in [6.07, 6.45) is 1.78. The van der Waals surface area contributed by atoms with Gasteiger partial charge in [-0.05, 0) is 30.9 Å².